The van der Waals surface area contributed by atoms with Gasteiger partial charge in [0.2, 0.25) is 5.91 Å². The average Bonchev–Trinajstić information content (AvgIpc) is 2.58. The van der Waals surface area contributed by atoms with Crippen molar-refractivity contribution >= 4 is 17.4 Å². The van der Waals surface area contributed by atoms with E-state index in [0.717, 1.165) is 25.2 Å². The van der Waals surface area contributed by atoms with Crippen molar-refractivity contribution in [2.75, 3.05) is 23.7 Å². The zero-order chi connectivity index (χ0) is 11.7. The van der Waals surface area contributed by atoms with Crippen molar-refractivity contribution in [3.8, 4) is 0 Å². The molecule has 1 atom stereocenters. The molecule has 1 fully saturated rings. The first-order valence-corrected chi connectivity index (χ1v) is 5.41. The van der Waals surface area contributed by atoms with Crippen LogP contribution in [0.3, 0.4) is 0 Å². The quantitative estimate of drug-likeness (QED) is 0.720. The lowest BCUT2D eigenvalue weighted by Crippen LogP contribution is -2.41. The molecule has 1 aromatic heterocycles. The molecule has 1 unspecified atom stereocenters. The van der Waals surface area contributed by atoms with Crippen LogP contribution in [0, 0.1) is 5.92 Å². The Morgan fingerprint density at radius 2 is 2.38 bits per heavy atom. The molecule has 0 aromatic carbocycles. The van der Waals surface area contributed by atoms with E-state index in [4.69, 9.17) is 11.5 Å². The Kier molecular flexibility index (Phi) is 2.72. The topological polar surface area (TPSA) is 90.2 Å². The maximum absolute atomic E-state index is 11.2. The fourth-order valence-corrected chi connectivity index (χ4v) is 2.14. The van der Waals surface area contributed by atoms with Crippen LogP contribution in [0.2, 0.25) is 0 Å². The van der Waals surface area contributed by atoms with Gasteiger partial charge in [0.1, 0.15) is 0 Å². The van der Waals surface area contributed by atoms with Crippen LogP contribution in [0.5, 0.6) is 0 Å². The van der Waals surface area contributed by atoms with Gasteiger partial charge in [-0.1, -0.05) is 0 Å². The Labute approximate surface area is 94.2 Å². The van der Waals surface area contributed by atoms with E-state index in [1.165, 1.54) is 0 Å². The lowest BCUT2D eigenvalue weighted by Gasteiger charge is -2.31. The summed E-state index contributed by atoms with van der Waals surface area (Å²) in [6.45, 7) is 1.50. The lowest BCUT2D eigenvalue weighted by molar-refractivity contribution is -0.122. The van der Waals surface area contributed by atoms with E-state index in [9.17, 15) is 4.79 Å². The number of nitrogens with two attached hydrogens (primary N) is 2. The number of aromatic nitrogens is 2. The number of rotatable bonds is 2. The highest BCUT2D eigenvalue weighted by Gasteiger charge is 2.26. The summed E-state index contributed by atoms with van der Waals surface area (Å²) in [5.41, 5.74) is 11.8. The van der Waals surface area contributed by atoms with Crippen molar-refractivity contribution in [1.29, 1.82) is 0 Å². The van der Waals surface area contributed by atoms with Gasteiger partial charge in [-0.15, -0.1) is 0 Å². The zero-order valence-electron chi connectivity index (χ0n) is 9.39. The molecule has 0 radical (unpaired) electrons. The van der Waals surface area contributed by atoms with Gasteiger partial charge in [0, 0.05) is 26.3 Å². The van der Waals surface area contributed by atoms with E-state index in [-0.39, 0.29) is 11.8 Å². The number of hydrogen-bond donors (Lipinski definition) is 2. The summed E-state index contributed by atoms with van der Waals surface area (Å²) in [5.74, 6) is 0.433. The molecule has 16 heavy (non-hydrogen) atoms. The van der Waals surface area contributed by atoms with Gasteiger partial charge in [-0.3, -0.25) is 9.48 Å². The molecular formula is C10H17N5O. The maximum Gasteiger partial charge on any atom is 0.222 e. The Balaban J connectivity index is 2.15. The van der Waals surface area contributed by atoms with Crippen molar-refractivity contribution in [3.63, 3.8) is 0 Å². The molecule has 0 saturated carbocycles. The molecule has 0 spiro atoms. The molecule has 0 aliphatic carbocycles. The van der Waals surface area contributed by atoms with Crippen molar-refractivity contribution < 1.29 is 4.79 Å². The molecule has 0 bridgehead atoms. The van der Waals surface area contributed by atoms with E-state index < -0.39 is 0 Å². The number of aryl methyl sites for hydroxylation is 1. The van der Waals surface area contributed by atoms with Crippen LogP contribution < -0.4 is 16.4 Å². The molecule has 1 aliphatic rings. The lowest BCUT2D eigenvalue weighted by atomic mass is 9.97. The number of nitrogens with zero attached hydrogens (tertiary/aromatic N) is 3. The molecular weight excluding hydrogens is 206 g/mol. The van der Waals surface area contributed by atoms with Crippen LogP contribution >= 0.6 is 0 Å². The van der Waals surface area contributed by atoms with Crippen LogP contribution in [0.25, 0.3) is 0 Å². The second-order valence-electron chi connectivity index (χ2n) is 4.27. The highest BCUT2D eigenvalue weighted by molar-refractivity contribution is 5.78. The van der Waals surface area contributed by atoms with Gasteiger partial charge in [0.05, 0.1) is 11.6 Å². The second kappa shape index (κ2) is 4.03. The minimum absolute atomic E-state index is 0.0878. The minimum Gasteiger partial charge on any atom is -0.394 e. The molecule has 4 N–H and O–H groups in total. The Bertz CT molecular complexity index is 400. The molecule has 1 amide bonds. The zero-order valence-corrected chi connectivity index (χ0v) is 9.39. The number of nitrogen functional groups attached to an aromatic ring is 1. The number of piperidine rings is 1. The van der Waals surface area contributed by atoms with E-state index in [0.29, 0.717) is 12.2 Å². The molecule has 2 heterocycles. The van der Waals surface area contributed by atoms with Gasteiger partial charge in [0.15, 0.2) is 5.82 Å². The third-order valence-electron chi connectivity index (χ3n) is 2.96. The van der Waals surface area contributed by atoms with Crippen LogP contribution in [-0.2, 0) is 11.8 Å². The minimum atomic E-state index is -0.237. The van der Waals surface area contributed by atoms with Gasteiger partial charge < -0.3 is 16.4 Å². The SMILES string of the molecule is Cn1cc(N)c(N2CCCC(C(N)=O)C2)n1. The second-order valence-corrected chi connectivity index (χ2v) is 4.27. The molecule has 1 aliphatic heterocycles. The van der Waals surface area contributed by atoms with Gasteiger partial charge in [-0.2, -0.15) is 5.10 Å². The fraction of sp³-hybridized carbons (Fsp3) is 0.600. The van der Waals surface area contributed by atoms with Gasteiger partial charge in [-0.25, -0.2) is 0 Å². The fourth-order valence-electron chi connectivity index (χ4n) is 2.14. The smallest absolute Gasteiger partial charge is 0.222 e. The Morgan fingerprint density at radius 1 is 1.62 bits per heavy atom. The van der Waals surface area contributed by atoms with Gasteiger partial charge >= 0.3 is 0 Å². The van der Waals surface area contributed by atoms with Crippen LogP contribution in [0.4, 0.5) is 11.5 Å². The summed E-state index contributed by atoms with van der Waals surface area (Å²) >= 11 is 0. The summed E-state index contributed by atoms with van der Waals surface area (Å²) in [4.78, 5) is 13.2. The molecule has 6 heteroatoms. The maximum atomic E-state index is 11.2. The monoisotopic (exact) mass is 223 g/mol. The van der Waals surface area contributed by atoms with Crippen molar-refractivity contribution in [2.24, 2.45) is 18.7 Å². The van der Waals surface area contributed by atoms with Gasteiger partial charge in [-0.05, 0) is 12.8 Å². The van der Waals surface area contributed by atoms with E-state index >= 15 is 0 Å². The largest absolute Gasteiger partial charge is 0.394 e. The third kappa shape index (κ3) is 1.95. The number of carbonyl (C=O) groups excluding carboxylic acids is 1. The Hall–Kier alpha value is -1.72. The summed E-state index contributed by atoms with van der Waals surface area (Å²) in [5, 5.41) is 4.29. The van der Waals surface area contributed by atoms with Crippen LogP contribution in [0.1, 0.15) is 12.8 Å². The van der Waals surface area contributed by atoms with E-state index in [2.05, 4.69) is 5.10 Å². The van der Waals surface area contributed by atoms with Crippen molar-refractivity contribution in [2.45, 2.75) is 12.8 Å². The number of primary amides is 1. The van der Waals surface area contributed by atoms with E-state index in [1.807, 2.05) is 11.9 Å². The third-order valence-corrected chi connectivity index (χ3v) is 2.96. The molecule has 2 rings (SSSR count). The molecule has 1 saturated heterocycles. The normalized spacial score (nSPS) is 21.1. The average molecular weight is 223 g/mol. The highest BCUT2D eigenvalue weighted by atomic mass is 16.1. The summed E-state index contributed by atoms with van der Waals surface area (Å²) < 4.78 is 1.68. The van der Waals surface area contributed by atoms with E-state index in [1.54, 1.807) is 10.9 Å². The highest BCUT2D eigenvalue weighted by Crippen LogP contribution is 2.26. The molecule has 88 valence electrons. The molecule has 1 aromatic rings. The first-order chi connectivity index (χ1) is 7.58. The number of anilines is 2. The van der Waals surface area contributed by atoms with Gasteiger partial charge in [0.25, 0.3) is 0 Å². The summed E-state index contributed by atoms with van der Waals surface area (Å²) in [7, 11) is 1.83. The number of amides is 1. The predicted octanol–water partition coefficient (Wildman–Crippen LogP) is -0.296. The van der Waals surface area contributed by atoms with Crippen molar-refractivity contribution in [1.82, 2.24) is 9.78 Å². The summed E-state index contributed by atoms with van der Waals surface area (Å²) in [6, 6.07) is 0. The summed E-state index contributed by atoms with van der Waals surface area (Å²) in [6.07, 6.45) is 3.57. The van der Waals surface area contributed by atoms with Crippen molar-refractivity contribution in [3.05, 3.63) is 6.20 Å². The first-order valence-electron chi connectivity index (χ1n) is 5.41. The number of carbonyl (C=O) groups is 1. The Morgan fingerprint density at radius 3 is 2.94 bits per heavy atom. The number of hydrogen-bond acceptors (Lipinski definition) is 4. The molecule has 6 nitrogen and oxygen atoms in total. The first kappa shape index (κ1) is 10.8. The van der Waals surface area contributed by atoms with Crippen LogP contribution in [-0.4, -0.2) is 28.8 Å². The predicted molar refractivity (Wildman–Crippen MR) is 61.8 cm³/mol. The standard InChI is InChI=1S/C10H17N5O/c1-14-6-8(11)10(13-14)15-4-2-3-7(5-15)9(12)16/h6-7H,2-5,11H2,1H3,(H2,12,16). The van der Waals surface area contributed by atoms with Crippen LogP contribution in [0.15, 0.2) is 6.20 Å².